The smallest absolute Gasteiger partial charge is 0.221 e. The van der Waals surface area contributed by atoms with Gasteiger partial charge in [-0.1, -0.05) is 28.1 Å². The molecule has 1 aliphatic heterocycles. The fourth-order valence-electron chi connectivity index (χ4n) is 4.20. The molecule has 0 radical (unpaired) electrons. The summed E-state index contributed by atoms with van der Waals surface area (Å²) >= 11 is 5.42. The summed E-state index contributed by atoms with van der Waals surface area (Å²) in [5.74, 6) is 0.00446. The van der Waals surface area contributed by atoms with Crippen LogP contribution in [0.3, 0.4) is 0 Å². The Morgan fingerprint density at radius 3 is 2.78 bits per heavy atom. The molecule has 2 aliphatic rings. The second-order valence-corrected chi connectivity index (χ2v) is 9.26. The molecule has 1 saturated heterocycles. The highest BCUT2D eigenvalue weighted by molar-refractivity contribution is 9.10. The summed E-state index contributed by atoms with van der Waals surface area (Å²) in [6.45, 7) is 4.92. The molecule has 1 atom stereocenters. The molecule has 0 bridgehead atoms. The molecule has 1 aliphatic carbocycles. The van der Waals surface area contributed by atoms with Gasteiger partial charge in [0, 0.05) is 34.9 Å². The highest BCUT2D eigenvalue weighted by atomic mass is 79.9. The molecule has 144 valence electrons. The number of morpholine rings is 1. The van der Waals surface area contributed by atoms with Crippen LogP contribution in [-0.4, -0.2) is 37.1 Å². The van der Waals surface area contributed by atoms with E-state index in [1.807, 2.05) is 0 Å². The van der Waals surface area contributed by atoms with Crippen LogP contribution in [0.2, 0.25) is 0 Å². The van der Waals surface area contributed by atoms with Crippen molar-refractivity contribution in [1.82, 2.24) is 4.90 Å². The standard InChI is InChI=1S/C21H25BrN2O2S/c1-14(25)23-21-19(17-7-2-3-8-18(17)27-21)20(24-9-11-26-12-10-24)15-5-4-6-16(22)13-15/h4-6,13,20H,2-3,7-12H2,1H3,(H,23,25)/t20-/m1/s1. The number of rotatable bonds is 4. The van der Waals surface area contributed by atoms with Crippen LogP contribution in [0.1, 0.15) is 47.4 Å². The van der Waals surface area contributed by atoms with Crippen molar-refractivity contribution in [2.45, 2.75) is 38.6 Å². The van der Waals surface area contributed by atoms with E-state index in [1.165, 1.54) is 34.4 Å². The molecule has 1 N–H and O–H groups in total. The SMILES string of the molecule is CC(=O)Nc1sc2c(c1[C@@H](c1cccc(Br)c1)N1CCOCC1)CCCC2. The minimum atomic E-state index is 0.00446. The Bertz CT molecular complexity index is 830. The van der Waals surface area contributed by atoms with Gasteiger partial charge in [0.15, 0.2) is 0 Å². The zero-order valence-electron chi connectivity index (χ0n) is 15.6. The van der Waals surface area contributed by atoms with Gasteiger partial charge in [0.1, 0.15) is 5.00 Å². The molecular weight excluding hydrogens is 424 g/mol. The third-order valence-electron chi connectivity index (χ3n) is 5.35. The number of benzene rings is 1. The van der Waals surface area contributed by atoms with Crippen molar-refractivity contribution in [3.05, 3.63) is 50.3 Å². The predicted octanol–water partition coefficient (Wildman–Crippen LogP) is 4.77. The number of hydrogen-bond donors (Lipinski definition) is 1. The quantitative estimate of drug-likeness (QED) is 0.731. The Morgan fingerprint density at radius 2 is 2.04 bits per heavy atom. The Kier molecular flexibility index (Phi) is 5.97. The number of ether oxygens (including phenoxy) is 1. The highest BCUT2D eigenvalue weighted by Crippen LogP contribution is 2.45. The summed E-state index contributed by atoms with van der Waals surface area (Å²) in [5.41, 5.74) is 4.04. The number of amides is 1. The molecular formula is C21H25BrN2O2S. The van der Waals surface area contributed by atoms with Crippen molar-refractivity contribution in [2.75, 3.05) is 31.6 Å². The number of fused-ring (bicyclic) bond motifs is 1. The van der Waals surface area contributed by atoms with Crippen LogP contribution in [0.5, 0.6) is 0 Å². The lowest BCUT2D eigenvalue weighted by Crippen LogP contribution is -2.40. The molecule has 1 fully saturated rings. The summed E-state index contributed by atoms with van der Waals surface area (Å²) in [7, 11) is 0. The van der Waals surface area contributed by atoms with Crippen molar-refractivity contribution in [3.8, 4) is 0 Å². The molecule has 4 rings (SSSR count). The molecule has 0 unspecified atom stereocenters. The van der Waals surface area contributed by atoms with Crippen molar-refractivity contribution >= 4 is 38.2 Å². The maximum absolute atomic E-state index is 11.9. The topological polar surface area (TPSA) is 41.6 Å². The predicted molar refractivity (Wildman–Crippen MR) is 114 cm³/mol. The van der Waals surface area contributed by atoms with E-state index < -0.39 is 0 Å². The van der Waals surface area contributed by atoms with Crippen molar-refractivity contribution < 1.29 is 9.53 Å². The number of thiophene rings is 1. The Labute approximate surface area is 173 Å². The molecule has 2 heterocycles. The third-order valence-corrected chi connectivity index (χ3v) is 7.07. The fourth-order valence-corrected chi connectivity index (χ4v) is 5.99. The van der Waals surface area contributed by atoms with Crippen LogP contribution in [0.25, 0.3) is 0 Å². The second-order valence-electron chi connectivity index (χ2n) is 7.24. The zero-order chi connectivity index (χ0) is 18.8. The Morgan fingerprint density at radius 1 is 1.26 bits per heavy atom. The van der Waals surface area contributed by atoms with Gasteiger partial charge in [0.05, 0.1) is 19.3 Å². The first-order valence-corrected chi connectivity index (χ1v) is 11.2. The van der Waals surface area contributed by atoms with Crippen molar-refractivity contribution in [2.24, 2.45) is 0 Å². The van der Waals surface area contributed by atoms with E-state index in [-0.39, 0.29) is 11.9 Å². The molecule has 0 saturated carbocycles. The Hall–Kier alpha value is -1.21. The van der Waals surface area contributed by atoms with Crippen molar-refractivity contribution in [1.29, 1.82) is 0 Å². The number of halogens is 1. The summed E-state index contributed by atoms with van der Waals surface area (Å²) in [6, 6.07) is 8.73. The lowest BCUT2D eigenvalue weighted by molar-refractivity contribution is -0.114. The summed E-state index contributed by atoms with van der Waals surface area (Å²) in [6.07, 6.45) is 4.70. The molecule has 1 aromatic carbocycles. The summed E-state index contributed by atoms with van der Waals surface area (Å²) < 4.78 is 6.70. The second kappa shape index (κ2) is 8.43. The molecule has 2 aromatic rings. The zero-order valence-corrected chi connectivity index (χ0v) is 18.0. The molecule has 27 heavy (non-hydrogen) atoms. The average Bonchev–Trinajstić information content (AvgIpc) is 3.00. The van der Waals surface area contributed by atoms with Gasteiger partial charge in [-0.05, 0) is 48.9 Å². The summed E-state index contributed by atoms with van der Waals surface area (Å²) in [4.78, 5) is 15.9. The Balaban J connectivity index is 1.86. The number of nitrogens with one attached hydrogen (secondary N) is 1. The monoisotopic (exact) mass is 448 g/mol. The van der Waals surface area contributed by atoms with Crippen LogP contribution < -0.4 is 5.32 Å². The van der Waals surface area contributed by atoms with Gasteiger partial charge >= 0.3 is 0 Å². The van der Waals surface area contributed by atoms with Gasteiger partial charge in [-0.2, -0.15) is 0 Å². The normalized spacial score (nSPS) is 18.7. The molecule has 6 heteroatoms. The third kappa shape index (κ3) is 4.14. The van der Waals surface area contributed by atoms with E-state index in [9.17, 15) is 4.79 Å². The van der Waals surface area contributed by atoms with Gasteiger partial charge < -0.3 is 10.1 Å². The highest BCUT2D eigenvalue weighted by Gasteiger charge is 2.32. The van der Waals surface area contributed by atoms with Crippen LogP contribution in [0, 0.1) is 0 Å². The minimum absolute atomic E-state index is 0.00446. The number of hydrogen-bond acceptors (Lipinski definition) is 4. The van der Waals surface area contributed by atoms with Crippen LogP contribution >= 0.6 is 27.3 Å². The number of aryl methyl sites for hydroxylation is 1. The number of nitrogens with zero attached hydrogens (tertiary/aromatic N) is 1. The molecule has 1 amide bonds. The first-order valence-electron chi connectivity index (χ1n) is 9.63. The minimum Gasteiger partial charge on any atom is -0.379 e. The fraction of sp³-hybridized carbons (Fsp3) is 0.476. The van der Waals surface area contributed by atoms with Gasteiger partial charge in [0.2, 0.25) is 5.91 Å². The van der Waals surface area contributed by atoms with E-state index in [0.29, 0.717) is 0 Å². The molecule has 0 spiro atoms. The van der Waals surface area contributed by atoms with Crippen LogP contribution in [0.4, 0.5) is 5.00 Å². The van der Waals surface area contributed by atoms with Crippen LogP contribution in [-0.2, 0) is 22.4 Å². The van der Waals surface area contributed by atoms with Gasteiger partial charge in [-0.3, -0.25) is 9.69 Å². The van der Waals surface area contributed by atoms with E-state index in [2.05, 4.69) is 50.4 Å². The largest absolute Gasteiger partial charge is 0.379 e. The maximum atomic E-state index is 11.9. The van der Waals surface area contributed by atoms with Crippen LogP contribution in [0.15, 0.2) is 28.7 Å². The number of carbonyl (C=O) groups excluding carboxylic acids is 1. The average molecular weight is 449 g/mol. The number of carbonyl (C=O) groups is 1. The van der Waals surface area contributed by atoms with Gasteiger partial charge in [-0.25, -0.2) is 0 Å². The van der Waals surface area contributed by atoms with Gasteiger partial charge in [-0.15, -0.1) is 11.3 Å². The lowest BCUT2D eigenvalue weighted by Gasteiger charge is -2.36. The first-order chi connectivity index (χ1) is 13.1. The van der Waals surface area contributed by atoms with E-state index in [1.54, 1.807) is 18.3 Å². The number of anilines is 1. The molecule has 4 nitrogen and oxygen atoms in total. The van der Waals surface area contributed by atoms with Crippen molar-refractivity contribution in [3.63, 3.8) is 0 Å². The van der Waals surface area contributed by atoms with Gasteiger partial charge in [0.25, 0.3) is 0 Å². The molecule has 1 aromatic heterocycles. The first kappa shape index (κ1) is 19.1. The lowest BCUT2D eigenvalue weighted by atomic mass is 9.88. The van der Waals surface area contributed by atoms with E-state index in [0.717, 1.165) is 48.6 Å². The summed E-state index contributed by atoms with van der Waals surface area (Å²) in [5, 5.41) is 4.18. The van der Waals surface area contributed by atoms with E-state index >= 15 is 0 Å². The van der Waals surface area contributed by atoms with E-state index in [4.69, 9.17) is 4.74 Å². The maximum Gasteiger partial charge on any atom is 0.221 e.